The number of hydrogen-bond acceptors (Lipinski definition) is 9. The summed E-state index contributed by atoms with van der Waals surface area (Å²) in [6.07, 6.45) is -1.73. The lowest BCUT2D eigenvalue weighted by atomic mass is 10.1. The second-order valence-corrected chi connectivity index (χ2v) is 9.92. The number of nitrogens with zero attached hydrogens (tertiary/aromatic N) is 7. The number of ether oxygens (including phenoxy) is 1. The Hall–Kier alpha value is -4.00. The smallest absolute Gasteiger partial charge is 0.378 e. The van der Waals surface area contributed by atoms with E-state index in [2.05, 4.69) is 20.3 Å². The highest BCUT2D eigenvalue weighted by molar-refractivity contribution is 5.98. The third kappa shape index (κ3) is 5.64. The summed E-state index contributed by atoms with van der Waals surface area (Å²) in [6, 6.07) is 6.69. The Labute approximate surface area is 229 Å². The van der Waals surface area contributed by atoms with Gasteiger partial charge in [0.25, 0.3) is 0 Å². The van der Waals surface area contributed by atoms with Crippen LogP contribution in [0.3, 0.4) is 0 Å². The van der Waals surface area contributed by atoms with Gasteiger partial charge in [-0.3, -0.25) is 4.99 Å². The zero-order valence-electron chi connectivity index (χ0n) is 22.6. The molecule has 3 aromatic rings. The molecule has 4 heterocycles. The van der Waals surface area contributed by atoms with E-state index in [1.807, 2.05) is 23.6 Å². The maximum atomic E-state index is 14.6. The lowest BCUT2D eigenvalue weighted by molar-refractivity contribution is -0.137. The molecule has 2 aliphatic rings. The van der Waals surface area contributed by atoms with Crippen LogP contribution in [0.5, 0.6) is 0 Å². The Morgan fingerprint density at radius 3 is 2.42 bits per heavy atom. The van der Waals surface area contributed by atoms with Crippen LogP contribution in [-0.2, 0) is 10.9 Å². The Morgan fingerprint density at radius 1 is 1.02 bits per heavy atom. The molecule has 1 N–H and O–H groups in total. The van der Waals surface area contributed by atoms with Crippen molar-refractivity contribution in [2.75, 3.05) is 60.4 Å². The topological polar surface area (TPSA) is 82.0 Å². The molecule has 0 amide bonds. The molecule has 0 radical (unpaired) electrons. The van der Waals surface area contributed by atoms with Crippen molar-refractivity contribution in [3.63, 3.8) is 0 Å². The Bertz CT molecular complexity index is 1390. The number of pyridine rings is 1. The summed E-state index contributed by atoms with van der Waals surface area (Å²) in [5.41, 5.74) is 0.507. The van der Waals surface area contributed by atoms with E-state index in [0.29, 0.717) is 60.8 Å². The minimum Gasteiger partial charge on any atom is -0.378 e. The van der Waals surface area contributed by atoms with Gasteiger partial charge < -0.3 is 24.8 Å². The van der Waals surface area contributed by atoms with Crippen molar-refractivity contribution in [1.29, 1.82) is 0 Å². The molecule has 0 bridgehead atoms. The van der Waals surface area contributed by atoms with Gasteiger partial charge in [0, 0.05) is 38.6 Å². The third-order valence-electron chi connectivity index (χ3n) is 6.90. The predicted octanol–water partition coefficient (Wildman–Crippen LogP) is 5.04. The van der Waals surface area contributed by atoms with Gasteiger partial charge in [-0.15, -0.1) is 0 Å². The minimum absolute atomic E-state index is 0.208. The SMILES string of the molecule is CC1=NC(c2ncc(F)c(N3CCOCC3)n2)C(C)N1c1ccc(Nc2cc(N(C)C)cc(C(F)(F)F)c2)cn1. The Morgan fingerprint density at radius 2 is 1.77 bits per heavy atom. The number of rotatable bonds is 6. The summed E-state index contributed by atoms with van der Waals surface area (Å²) in [6.45, 7) is 5.91. The molecular weight excluding hydrogens is 528 g/mol. The molecule has 2 atom stereocenters. The minimum atomic E-state index is -4.47. The number of aliphatic imine (C=N–C) groups is 1. The monoisotopic (exact) mass is 558 g/mol. The van der Waals surface area contributed by atoms with E-state index in [4.69, 9.17) is 9.73 Å². The standard InChI is InChI=1S/C27H30F4N8O/c1-16-24(25-33-15-22(28)26(36-25)38-7-9-40-10-8-38)34-17(2)39(16)23-6-5-19(14-32-23)35-20-11-18(27(29,30)31)12-21(13-20)37(3)4/h5-6,11-16,24,35H,7-10H2,1-4H3. The quantitative estimate of drug-likeness (QED) is 0.422. The molecule has 212 valence electrons. The number of nitrogens with one attached hydrogen (secondary N) is 1. The van der Waals surface area contributed by atoms with Crippen LogP contribution in [0.15, 0.2) is 47.7 Å². The number of alkyl halides is 3. The molecule has 9 nitrogen and oxygen atoms in total. The fourth-order valence-corrected chi connectivity index (χ4v) is 4.84. The van der Waals surface area contributed by atoms with Crippen LogP contribution in [0.4, 0.5) is 46.3 Å². The number of anilines is 5. The zero-order valence-corrected chi connectivity index (χ0v) is 22.6. The molecule has 40 heavy (non-hydrogen) atoms. The molecule has 2 unspecified atom stereocenters. The highest BCUT2D eigenvalue weighted by Gasteiger charge is 2.36. The normalized spacial score (nSPS) is 19.6. The van der Waals surface area contributed by atoms with E-state index in [-0.39, 0.29) is 11.9 Å². The summed E-state index contributed by atoms with van der Waals surface area (Å²) in [7, 11) is 3.37. The summed E-state index contributed by atoms with van der Waals surface area (Å²) >= 11 is 0. The van der Waals surface area contributed by atoms with Crippen molar-refractivity contribution < 1.29 is 22.3 Å². The van der Waals surface area contributed by atoms with Gasteiger partial charge in [-0.05, 0) is 44.2 Å². The predicted molar refractivity (Wildman–Crippen MR) is 146 cm³/mol. The lowest BCUT2D eigenvalue weighted by Crippen LogP contribution is -2.38. The second-order valence-electron chi connectivity index (χ2n) is 9.92. The van der Waals surface area contributed by atoms with E-state index < -0.39 is 23.6 Å². The Balaban J connectivity index is 1.34. The molecule has 5 rings (SSSR count). The van der Waals surface area contributed by atoms with Crippen LogP contribution in [0.1, 0.15) is 31.3 Å². The third-order valence-corrected chi connectivity index (χ3v) is 6.90. The highest BCUT2D eigenvalue weighted by Crippen LogP contribution is 2.36. The summed E-state index contributed by atoms with van der Waals surface area (Å²) in [5, 5.41) is 3.02. The van der Waals surface area contributed by atoms with Gasteiger partial charge in [0.1, 0.15) is 17.7 Å². The highest BCUT2D eigenvalue weighted by atomic mass is 19.4. The maximum Gasteiger partial charge on any atom is 0.416 e. The first kappa shape index (κ1) is 27.6. The number of hydrogen-bond donors (Lipinski definition) is 1. The molecule has 1 aromatic carbocycles. The summed E-state index contributed by atoms with van der Waals surface area (Å²) < 4.78 is 60.2. The number of morpholine rings is 1. The second kappa shape index (κ2) is 10.9. The zero-order chi connectivity index (χ0) is 28.6. The lowest BCUT2D eigenvalue weighted by Gasteiger charge is -2.29. The van der Waals surface area contributed by atoms with Crippen LogP contribution in [0, 0.1) is 5.82 Å². The van der Waals surface area contributed by atoms with Crippen molar-refractivity contribution >= 4 is 34.5 Å². The molecule has 1 saturated heterocycles. The van der Waals surface area contributed by atoms with Gasteiger partial charge in [-0.2, -0.15) is 13.2 Å². The van der Waals surface area contributed by atoms with Gasteiger partial charge >= 0.3 is 6.18 Å². The molecule has 0 spiro atoms. The van der Waals surface area contributed by atoms with Gasteiger partial charge in [-0.25, -0.2) is 19.3 Å². The molecular formula is C27H30F4N8O. The molecule has 2 aliphatic heterocycles. The first-order valence-electron chi connectivity index (χ1n) is 12.8. The molecule has 1 fully saturated rings. The molecule has 0 saturated carbocycles. The van der Waals surface area contributed by atoms with E-state index in [0.717, 1.165) is 12.1 Å². The first-order valence-corrected chi connectivity index (χ1v) is 12.8. The fourth-order valence-electron chi connectivity index (χ4n) is 4.84. The van der Waals surface area contributed by atoms with Crippen molar-refractivity contribution in [2.24, 2.45) is 4.99 Å². The molecule has 2 aromatic heterocycles. The van der Waals surface area contributed by atoms with Crippen LogP contribution in [-0.4, -0.2) is 67.2 Å². The van der Waals surface area contributed by atoms with Crippen LogP contribution in [0.25, 0.3) is 0 Å². The number of halogens is 4. The van der Waals surface area contributed by atoms with Crippen LogP contribution < -0.4 is 20.0 Å². The van der Waals surface area contributed by atoms with Crippen molar-refractivity contribution in [3.8, 4) is 0 Å². The van der Waals surface area contributed by atoms with Gasteiger partial charge in [0.05, 0.1) is 42.9 Å². The van der Waals surface area contributed by atoms with E-state index in [1.54, 1.807) is 43.4 Å². The average Bonchev–Trinajstić information content (AvgIpc) is 3.22. The van der Waals surface area contributed by atoms with E-state index >= 15 is 0 Å². The number of amidine groups is 1. The molecule has 13 heteroatoms. The Kier molecular flexibility index (Phi) is 7.49. The fraction of sp³-hybridized carbons (Fsp3) is 0.407. The van der Waals surface area contributed by atoms with Crippen molar-refractivity contribution in [3.05, 3.63) is 59.9 Å². The van der Waals surface area contributed by atoms with Crippen LogP contribution in [0.2, 0.25) is 0 Å². The number of benzene rings is 1. The van der Waals surface area contributed by atoms with Crippen molar-refractivity contribution in [2.45, 2.75) is 32.1 Å². The number of aromatic nitrogens is 3. The van der Waals surface area contributed by atoms with Crippen LogP contribution >= 0.6 is 0 Å². The largest absolute Gasteiger partial charge is 0.416 e. The maximum absolute atomic E-state index is 14.6. The summed E-state index contributed by atoms with van der Waals surface area (Å²) in [5.74, 6) is 1.47. The summed E-state index contributed by atoms with van der Waals surface area (Å²) in [4.78, 5) is 23.5. The van der Waals surface area contributed by atoms with E-state index in [9.17, 15) is 17.6 Å². The van der Waals surface area contributed by atoms with E-state index in [1.165, 1.54) is 6.20 Å². The van der Waals surface area contributed by atoms with Gasteiger partial charge in [-0.1, -0.05) is 0 Å². The average molecular weight is 559 g/mol. The molecule has 0 aliphatic carbocycles. The van der Waals surface area contributed by atoms with Crippen molar-refractivity contribution in [1.82, 2.24) is 15.0 Å². The van der Waals surface area contributed by atoms with Gasteiger partial charge in [0.15, 0.2) is 17.5 Å². The van der Waals surface area contributed by atoms with Gasteiger partial charge in [0.2, 0.25) is 0 Å². The first-order chi connectivity index (χ1) is 19.0.